The quantitative estimate of drug-likeness (QED) is 0.738. The van der Waals surface area contributed by atoms with Crippen LogP contribution in [-0.4, -0.2) is 76.7 Å². The lowest BCUT2D eigenvalue weighted by Crippen LogP contribution is -2.33. The van der Waals surface area contributed by atoms with E-state index < -0.39 is 16.1 Å². The summed E-state index contributed by atoms with van der Waals surface area (Å²) in [5.41, 5.74) is 1.99. The fraction of sp³-hybridized carbons (Fsp3) is 0.625. The molecule has 1 fully saturated rings. The first kappa shape index (κ1) is 20.3. The Labute approximate surface area is 163 Å². The van der Waals surface area contributed by atoms with Crippen molar-refractivity contribution in [2.24, 2.45) is 13.0 Å². The minimum atomic E-state index is -3.38. The molecule has 0 radical (unpaired) electrons. The first-order valence-electron chi connectivity index (χ1n) is 8.54. The van der Waals surface area contributed by atoms with Crippen molar-refractivity contribution in [2.75, 3.05) is 32.9 Å². The van der Waals surface area contributed by atoms with E-state index in [0.29, 0.717) is 41.9 Å². The molecule has 11 heteroatoms. The van der Waals surface area contributed by atoms with Gasteiger partial charge in [-0.2, -0.15) is 5.10 Å². The number of aliphatic hydroxyl groups excluding tert-OH is 1. The van der Waals surface area contributed by atoms with Crippen molar-refractivity contribution in [1.82, 2.24) is 24.1 Å². The summed E-state index contributed by atoms with van der Waals surface area (Å²) < 4.78 is 32.2. The number of likely N-dealkylation sites (tertiary alicyclic amines) is 1. The Morgan fingerprint density at radius 3 is 2.70 bits per heavy atom. The third-order valence-electron chi connectivity index (χ3n) is 4.78. The third kappa shape index (κ3) is 4.19. The summed E-state index contributed by atoms with van der Waals surface area (Å²) in [7, 11) is 1.35. The van der Waals surface area contributed by atoms with Gasteiger partial charge in [-0.3, -0.25) is 9.58 Å². The van der Waals surface area contributed by atoms with Crippen molar-refractivity contribution in [2.45, 2.75) is 19.6 Å². The van der Waals surface area contributed by atoms with Gasteiger partial charge in [0.15, 0.2) is 0 Å². The maximum Gasteiger partial charge on any atom is 0.214 e. The number of aryl methyl sites for hydroxylation is 2. The zero-order chi connectivity index (χ0) is 19.9. The van der Waals surface area contributed by atoms with Crippen LogP contribution in [0.2, 0.25) is 5.15 Å². The molecule has 1 aliphatic heterocycles. The van der Waals surface area contributed by atoms with Crippen LogP contribution in [0.15, 0.2) is 10.6 Å². The van der Waals surface area contributed by atoms with Crippen molar-refractivity contribution in [1.29, 1.82) is 0 Å². The predicted octanol–water partition coefficient (Wildman–Crippen LogP) is 0.721. The maximum atomic E-state index is 12.1. The van der Waals surface area contributed by atoms with Crippen LogP contribution < -0.4 is 0 Å². The molecule has 1 aliphatic rings. The summed E-state index contributed by atoms with van der Waals surface area (Å²) in [6, 6.07) is 1.79. The van der Waals surface area contributed by atoms with Gasteiger partial charge in [-0.15, -0.1) is 0 Å². The number of β-amino-alcohol motifs (C(OH)–C–C–N with tert-alkyl or cyclic N) is 1. The number of nitrogens with zero attached hydrogens (tertiary/aromatic N) is 5. The van der Waals surface area contributed by atoms with E-state index in [1.54, 1.807) is 24.7 Å². The molecule has 0 bridgehead atoms. The number of halogens is 1. The lowest BCUT2D eigenvalue weighted by Gasteiger charge is -2.18. The first-order valence-corrected chi connectivity index (χ1v) is 10.5. The van der Waals surface area contributed by atoms with Gasteiger partial charge >= 0.3 is 0 Å². The average molecular weight is 418 g/mol. The van der Waals surface area contributed by atoms with Crippen LogP contribution in [0.3, 0.4) is 0 Å². The molecule has 2 aromatic rings. The Bertz CT molecular complexity index is 923. The van der Waals surface area contributed by atoms with E-state index in [4.69, 9.17) is 16.1 Å². The van der Waals surface area contributed by atoms with Crippen LogP contribution in [0.25, 0.3) is 11.4 Å². The second-order valence-corrected chi connectivity index (χ2v) is 9.73. The Balaban J connectivity index is 1.79. The van der Waals surface area contributed by atoms with Crippen LogP contribution >= 0.6 is 11.6 Å². The molecule has 0 amide bonds. The maximum absolute atomic E-state index is 12.1. The van der Waals surface area contributed by atoms with Gasteiger partial charge in [-0.1, -0.05) is 16.8 Å². The van der Waals surface area contributed by atoms with E-state index in [2.05, 4.69) is 10.3 Å². The van der Waals surface area contributed by atoms with Gasteiger partial charge in [0, 0.05) is 58.3 Å². The van der Waals surface area contributed by atoms with Gasteiger partial charge in [0.2, 0.25) is 10.0 Å². The van der Waals surface area contributed by atoms with Crippen LogP contribution in [0.5, 0.6) is 0 Å². The Morgan fingerprint density at radius 1 is 1.41 bits per heavy atom. The molecule has 0 saturated carbocycles. The van der Waals surface area contributed by atoms with Crippen molar-refractivity contribution < 1.29 is 18.0 Å². The molecule has 0 aliphatic carbocycles. The number of rotatable bonds is 6. The smallest absolute Gasteiger partial charge is 0.214 e. The Kier molecular flexibility index (Phi) is 5.64. The minimum absolute atomic E-state index is 0.0895. The van der Waals surface area contributed by atoms with E-state index in [1.807, 2.05) is 4.90 Å². The zero-order valence-corrected chi connectivity index (χ0v) is 17.3. The molecule has 1 N–H and O–H groups in total. The van der Waals surface area contributed by atoms with E-state index in [9.17, 15) is 13.5 Å². The molecule has 27 heavy (non-hydrogen) atoms. The van der Waals surface area contributed by atoms with Crippen molar-refractivity contribution in [3.8, 4) is 11.4 Å². The molecule has 9 nitrogen and oxygen atoms in total. The standard InChI is InChI=1S/C16H24ClN5O4S/c1-10-5-13(19-26-10)15-12(16(17)21(4)18-15)7-22-6-11(14(23)8-22)9-27(24,25)20(2)3/h5,11,14,23H,6-9H2,1-4H3/t11-,14-/m0/s1. The highest BCUT2D eigenvalue weighted by molar-refractivity contribution is 7.89. The first-order chi connectivity index (χ1) is 12.6. The van der Waals surface area contributed by atoms with Gasteiger partial charge in [-0.25, -0.2) is 12.7 Å². The summed E-state index contributed by atoms with van der Waals surface area (Å²) in [5.74, 6) is 0.224. The van der Waals surface area contributed by atoms with Crippen molar-refractivity contribution >= 4 is 21.6 Å². The van der Waals surface area contributed by atoms with E-state index in [0.717, 1.165) is 5.56 Å². The van der Waals surface area contributed by atoms with Crippen LogP contribution in [0.4, 0.5) is 0 Å². The lowest BCUT2D eigenvalue weighted by molar-refractivity contribution is 0.148. The van der Waals surface area contributed by atoms with Gasteiger partial charge in [-0.05, 0) is 6.92 Å². The highest BCUT2D eigenvalue weighted by Gasteiger charge is 2.36. The van der Waals surface area contributed by atoms with Gasteiger partial charge in [0.25, 0.3) is 0 Å². The molecule has 2 aromatic heterocycles. The second-order valence-electron chi connectivity index (χ2n) is 7.15. The molecule has 0 unspecified atom stereocenters. The Morgan fingerprint density at radius 2 is 2.11 bits per heavy atom. The largest absolute Gasteiger partial charge is 0.391 e. The SMILES string of the molecule is Cc1cc(-c2nn(C)c(Cl)c2CN2C[C@@H](CS(=O)(=O)N(C)C)[C@@H](O)C2)no1. The second kappa shape index (κ2) is 7.51. The number of aliphatic hydroxyl groups is 1. The summed E-state index contributed by atoms with van der Waals surface area (Å²) >= 11 is 6.42. The van der Waals surface area contributed by atoms with Crippen LogP contribution in [-0.2, 0) is 23.6 Å². The molecule has 2 atom stereocenters. The number of hydrogen-bond donors (Lipinski definition) is 1. The molecule has 0 aromatic carbocycles. The average Bonchev–Trinajstić information content (AvgIpc) is 3.22. The van der Waals surface area contributed by atoms with Crippen molar-refractivity contribution in [3.05, 3.63) is 22.5 Å². The van der Waals surface area contributed by atoms with Gasteiger partial charge in [0.05, 0.1) is 11.9 Å². The number of sulfonamides is 1. The minimum Gasteiger partial charge on any atom is -0.391 e. The molecular formula is C16H24ClN5O4S. The monoisotopic (exact) mass is 417 g/mol. The zero-order valence-electron chi connectivity index (χ0n) is 15.8. The molecular weight excluding hydrogens is 394 g/mol. The van der Waals surface area contributed by atoms with Crippen LogP contribution in [0, 0.1) is 12.8 Å². The highest BCUT2D eigenvalue weighted by Crippen LogP contribution is 2.31. The normalized spacial score (nSPS) is 21.4. The van der Waals surface area contributed by atoms with Crippen LogP contribution in [0.1, 0.15) is 11.3 Å². The fourth-order valence-electron chi connectivity index (χ4n) is 3.25. The summed E-state index contributed by atoms with van der Waals surface area (Å²) in [5, 5.41) is 19.3. The highest BCUT2D eigenvalue weighted by atomic mass is 35.5. The fourth-order valence-corrected chi connectivity index (χ4v) is 4.60. The lowest BCUT2D eigenvalue weighted by atomic mass is 10.1. The number of hydrogen-bond acceptors (Lipinski definition) is 7. The Hall–Kier alpha value is -1.46. The molecule has 0 spiro atoms. The summed E-state index contributed by atoms with van der Waals surface area (Å²) in [4.78, 5) is 1.99. The van der Waals surface area contributed by atoms with E-state index >= 15 is 0 Å². The molecule has 3 heterocycles. The predicted molar refractivity (Wildman–Crippen MR) is 101 cm³/mol. The van der Waals surface area contributed by atoms with E-state index in [-0.39, 0.29) is 11.7 Å². The number of aromatic nitrogens is 3. The molecule has 150 valence electrons. The van der Waals surface area contributed by atoms with Gasteiger partial charge < -0.3 is 9.63 Å². The van der Waals surface area contributed by atoms with E-state index in [1.165, 1.54) is 18.4 Å². The van der Waals surface area contributed by atoms with Gasteiger partial charge in [0.1, 0.15) is 22.3 Å². The topological polar surface area (TPSA) is 105 Å². The summed E-state index contributed by atoms with van der Waals surface area (Å²) in [6.07, 6.45) is -0.715. The molecule has 3 rings (SSSR count). The summed E-state index contributed by atoms with van der Waals surface area (Å²) in [6.45, 7) is 3.06. The molecule has 1 saturated heterocycles. The van der Waals surface area contributed by atoms with Crippen molar-refractivity contribution in [3.63, 3.8) is 0 Å². The third-order valence-corrected chi connectivity index (χ3v) is 7.22.